The summed E-state index contributed by atoms with van der Waals surface area (Å²) in [5.74, 6) is 0.661. The van der Waals surface area contributed by atoms with Crippen LogP contribution in [0.2, 0.25) is 0 Å². The van der Waals surface area contributed by atoms with Crippen molar-refractivity contribution < 1.29 is 13.2 Å². The molecule has 3 rings (SSSR count). The molecule has 0 amide bonds. The minimum absolute atomic E-state index is 0.0673. The third kappa shape index (κ3) is 5.18. The van der Waals surface area contributed by atoms with Gasteiger partial charge in [-0.15, -0.1) is 0 Å². The normalized spacial score (nSPS) is 11.8. The lowest BCUT2D eigenvalue weighted by Crippen LogP contribution is -2.21. The summed E-state index contributed by atoms with van der Waals surface area (Å²) in [5.41, 5.74) is 2.51. The van der Waals surface area contributed by atoms with E-state index in [-0.39, 0.29) is 11.3 Å². The lowest BCUT2D eigenvalue weighted by molar-refractivity contribution is -0.140. The largest absolute Gasteiger partial charge is 0.433 e. The summed E-state index contributed by atoms with van der Waals surface area (Å²) < 4.78 is 40.1. The molecule has 0 fully saturated rings. The van der Waals surface area contributed by atoms with Gasteiger partial charge in [0.2, 0.25) is 0 Å². The van der Waals surface area contributed by atoms with Crippen molar-refractivity contribution in [3.8, 4) is 22.4 Å². The number of aromatic nitrogens is 5. The van der Waals surface area contributed by atoms with Gasteiger partial charge in [0.25, 0.3) is 0 Å². The van der Waals surface area contributed by atoms with Crippen LogP contribution in [0.25, 0.3) is 28.5 Å². The Morgan fingerprint density at radius 1 is 1.19 bits per heavy atom. The van der Waals surface area contributed by atoms with Gasteiger partial charge >= 0.3 is 6.18 Å². The van der Waals surface area contributed by atoms with Crippen LogP contribution >= 0.6 is 0 Å². The highest BCUT2D eigenvalue weighted by molar-refractivity contribution is 5.84. The van der Waals surface area contributed by atoms with Crippen LogP contribution in [-0.4, -0.2) is 57.5 Å². The maximum absolute atomic E-state index is 13.4. The molecule has 3 aromatic heterocycles. The van der Waals surface area contributed by atoms with Crippen LogP contribution in [0.1, 0.15) is 36.7 Å². The molecule has 172 valence electrons. The molecule has 0 bridgehead atoms. The molecule has 0 unspecified atom stereocenters. The minimum Gasteiger partial charge on any atom is -0.367 e. The number of nitrogens with zero attached hydrogens (tertiary/aromatic N) is 4. The average molecular weight is 448 g/mol. The molecule has 0 saturated carbocycles. The van der Waals surface area contributed by atoms with Crippen LogP contribution in [-0.2, 0) is 12.6 Å². The van der Waals surface area contributed by atoms with Crippen molar-refractivity contribution in [2.45, 2.75) is 32.4 Å². The predicted octanol–water partition coefficient (Wildman–Crippen LogP) is 4.84. The second kappa shape index (κ2) is 9.99. The minimum atomic E-state index is -4.54. The van der Waals surface area contributed by atoms with Gasteiger partial charge in [-0.2, -0.15) is 23.4 Å². The number of nitrogens with one attached hydrogen (secondary N) is 3. The van der Waals surface area contributed by atoms with E-state index in [9.17, 15) is 13.2 Å². The molecular weight excluding hydrogens is 419 g/mol. The van der Waals surface area contributed by atoms with E-state index in [1.165, 1.54) is 0 Å². The second-order valence-electron chi connectivity index (χ2n) is 7.78. The van der Waals surface area contributed by atoms with Gasteiger partial charge < -0.3 is 10.2 Å². The molecule has 32 heavy (non-hydrogen) atoms. The molecule has 0 aliphatic carbocycles. The average Bonchev–Trinajstić information content (AvgIpc) is 3.39. The smallest absolute Gasteiger partial charge is 0.367 e. The Labute approximate surface area is 185 Å². The van der Waals surface area contributed by atoms with Crippen molar-refractivity contribution in [2.24, 2.45) is 0 Å². The molecule has 0 radical (unpaired) electrons. The van der Waals surface area contributed by atoms with E-state index in [4.69, 9.17) is 0 Å². The molecule has 0 atom stereocenters. The Kier molecular flexibility index (Phi) is 7.34. The van der Waals surface area contributed by atoms with Gasteiger partial charge in [0.1, 0.15) is 5.69 Å². The Bertz CT molecular complexity index is 1050. The van der Waals surface area contributed by atoms with Gasteiger partial charge in [-0.1, -0.05) is 19.9 Å². The summed E-state index contributed by atoms with van der Waals surface area (Å²) in [6.45, 7) is 7.43. The highest BCUT2D eigenvalue weighted by atomic mass is 19.4. The predicted molar refractivity (Wildman–Crippen MR) is 120 cm³/mol. The number of pyridine rings is 1. The zero-order valence-electron chi connectivity index (χ0n) is 18.5. The van der Waals surface area contributed by atoms with E-state index in [2.05, 4.69) is 49.1 Å². The molecular formula is C22H28F3N7. The SMILES string of the molecule is C=Cc1[nH]nc(NCCN(C)C)c1-c1cnc(-c2cn[nH]c2C(F)(F)F)cc1CCCC. The van der Waals surface area contributed by atoms with Crippen LogP contribution in [0.4, 0.5) is 19.0 Å². The number of H-pyrrole nitrogens is 2. The van der Waals surface area contributed by atoms with Gasteiger partial charge in [0.05, 0.1) is 28.7 Å². The molecule has 0 saturated heterocycles. The lowest BCUT2D eigenvalue weighted by Gasteiger charge is -2.15. The van der Waals surface area contributed by atoms with Crippen molar-refractivity contribution in [3.05, 3.63) is 42.0 Å². The molecule has 0 spiro atoms. The zero-order chi connectivity index (χ0) is 23.3. The van der Waals surface area contributed by atoms with Gasteiger partial charge in [-0.3, -0.25) is 15.2 Å². The molecule has 10 heteroatoms. The summed E-state index contributed by atoms with van der Waals surface area (Å²) >= 11 is 0. The number of hydrogen-bond acceptors (Lipinski definition) is 5. The van der Waals surface area contributed by atoms with Gasteiger partial charge in [-0.25, -0.2) is 0 Å². The van der Waals surface area contributed by atoms with Gasteiger partial charge in [0, 0.05) is 24.8 Å². The monoisotopic (exact) mass is 447 g/mol. The quantitative estimate of drug-likeness (QED) is 0.414. The summed E-state index contributed by atoms with van der Waals surface area (Å²) in [5, 5.41) is 16.3. The number of likely N-dealkylation sites (N-methyl/N-ethyl adjacent to an activating group) is 1. The van der Waals surface area contributed by atoms with Crippen LogP contribution < -0.4 is 5.32 Å². The summed E-state index contributed by atoms with van der Waals surface area (Å²) in [6.07, 6.45) is 2.44. The molecule has 7 nitrogen and oxygen atoms in total. The van der Waals surface area contributed by atoms with E-state index in [0.29, 0.717) is 18.8 Å². The molecule has 0 aromatic carbocycles. The van der Waals surface area contributed by atoms with Gasteiger partial charge in [-0.05, 0) is 44.6 Å². The van der Waals surface area contributed by atoms with Crippen LogP contribution in [0.15, 0.2) is 25.0 Å². The van der Waals surface area contributed by atoms with Crippen LogP contribution in [0.3, 0.4) is 0 Å². The Balaban J connectivity index is 2.07. The third-order valence-electron chi connectivity index (χ3n) is 5.11. The number of halogens is 3. The molecule has 0 aliphatic heterocycles. The molecule has 0 aliphatic rings. The maximum atomic E-state index is 13.4. The number of unbranched alkanes of at least 4 members (excludes halogenated alkanes) is 1. The number of aryl methyl sites for hydroxylation is 1. The zero-order valence-corrected chi connectivity index (χ0v) is 18.5. The van der Waals surface area contributed by atoms with Gasteiger partial charge in [0.15, 0.2) is 5.82 Å². The van der Waals surface area contributed by atoms with Crippen molar-refractivity contribution in [1.82, 2.24) is 30.3 Å². The first kappa shape index (κ1) is 23.5. The number of aromatic amines is 2. The van der Waals surface area contributed by atoms with E-state index in [1.807, 2.05) is 14.1 Å². The molecule has 3 aromatic rings. The molecule has 3 N–H and O–H groups in total. The fourth-order valence-corrected chi connectivity index (χ4v) is 3.44. The van der Waals surface area contributed by atoms with E-state index in [1.54, 1.807) is 18.3 Å². The first-order valence-electron chi connectivity index (χ1n) is 10.5. The summed E-state index contributed by atoms with van der Waals surface area (Å²) in [7, 11) is 3.97. The topological polar surface area (TPSA) is 85.5 Å². The van der Waals surface area contributed by atoms with Crippen molar-refractivity contribution in [3.63, 3.8) is 0 Å². The van der Waals surface area contributed by atoms with Crippen molar-refractivity contribution in [1.29, 1.82) is 0 Å². The molecule has 3 heterocycles. The van der Waals surface area contributed by atoms with Crippen LogP contribution in [0, 0.1) is 0 Å². The number of anilines is 1. The summed E-state index contributed by atoms with van der Waals surface area (Å²) in [4.78, 5) is 6.43. The van der Waals surface area contributed by atoms with E-state index in [0.717, 1.165) is 48.0 Å². The van der Waals surface area contributed by atoms with Crippen molar-refractivity contribution >= 4 is 11.9 Å². The van der Waals surface area contributed by atoms with E-state index >= 15 is 0 Å². The maximum Gasteiger partial charge on any atom is 0.433 e. The highest BCUT2D eigenvalue weighted by Crippen LogP contribution is 2.38. The van der Waals surface area contributed by atoms with Crippen LogP contribution in [0.5, 0.6) is 0 Å². The number of rotatable bonds is 10. The first-order chi connectivity index (χ1) is 15.3. The Hall–Kier alpha value is -3.14. The highest BCUT2D eigenvalue weighted by Gasteiger charge is 2.36. The second-order valence-corrected chi connectivity index (χ2v) is 7.78. The fourth-order valence-electron chi connectivity index (χ4n) is 3.44. The fraction of sp³-hybridized carbons (Fsp3) is 0.409. The third-order valence-corrected chi connectivity index (χ3v) is 5.11. The Morgan fingerprint density at radius 3 is 2.62 bits per heavy atom. The number of hydrogen-bond donors (Lipinski definition) is 3. The standard InChI is InChI=1S/C22H28F3N7/c1-5-7-8-14-11-18(16-13-28-30-20(16)22(23,24)25)27-12-15(14)19-17(6-2)29-31-21(19)26-9-10-32(3)4/h6,11-13H,2,5,7-10H2,1,3-4H3,(H,28,30)(H2,26,29,31). The number of alkyl halides is 3. The lowest BCUT2D eigenvalue weighted by atomic mass is 9.95. The first-order valence-corrected chi connectivity index (χ1v) is 10.5. The summed E-state index contributed by atoms with van der Waals surface area (Å²) in [6, 6.07) is 1.72. The Morgan fingerprint density at radius 2 is 1.97 bits per heavy atom. The van der Waals surface area contributed by atoms with E-state index < -0.39 is 11.9 Å². The van der Waals surface area contributed by atoms with Crippen molar-refractivity contribution in [2.75, 3.05) is 32.5 Å².